The molecule has 0 radical (unpaired) electrons. The number of aryl methyl sites for hydroxylation is 2. The van der Waals surface area contributed by atoms with Crippen LogP contribution in [0.4, 0.5) is 5.82 Å². The van der Waals surface area contributed by atoms with Gasteiger partial charge in [0, 0.05) is 27.7 Å². The molecular formula is C13H16BrN3S. The van der Waals surface area contributed by atoms with Crippen molar-refractivity contribution >= 4 is 33.1 Å². The molecule has 0 aromatic carbocycles. The van der Waals surface area contributed by atoms with Gasteiger partial charge in [-0.15, -0.1) is 11.3 Å². The first-order valence-corrected chi connectivity index (χ1v) is 7.49. The van der Waals surface area contributed by atoms with Crippen molar-refractivity contribution in [2.75, 3.05) is 12.4 Å². The van der Waals surface area contributed by atoms with E-state index in [1.807, 2.05) is 14.0 Å². The second kappa shape index (κ2) is 5.36. The number of halogens is 1. The molecule has 3 nitrogen and oxygen atoms in total. The van der Waals surface area contributed by atoms with Crippen molar-refractivity contribution in [3.8, 4) is 10.7 Å². The van der Waals surface area contributed by atoms with Crippen LogP contribution in [0.15, 0.2) is 10.5 Å². The first kappa shape index (κ1) is 13.5. The molecule has 0 saturated carbocycles. The van der Waals surface area contributed by atoms with Gasteiger partial charge in [0.1, 0.15) is 5.82 Å². The van der Waals surface area contributed by atoms with Crippen molar-refractivity contribution < 1.29 is 0 Å². The summed E-state index contributed by atoms with van der Waals surface area (Å²) in [6.07, 6.45) is 0.940. The Hall–Kier alpha value is -0.940. The van der Waals surface area contributed by atoms with Gasteiger partial charge in [0.15, 0.2) is 5.82 Å². The number of anilines is 1. The summed E-state index contributed by atoms with van der Waals surface area (Å²) < 4.78 is 1.12. The molecule has 18 heavy (non-hydrogen) atoms. The maximum Gasteiger partial charge on any atom is 0.171 e. The van der Waals surface area contributed by atoms with Gasteiger partial charge in [0.25, 0.3) is 0 Å². The maximum atomic E-state index is 4.62. The van der Waals surface area contributed by atoms with E-state index in [0.29, 0.717) is 0 Å². The predicted octanol–water partition coefficient (Wildman–Crippen LogP) is 4.19. The van der Waals surface area contributed by atoms with Crippen LogP contribution < -0.4 is 5.32 Å². The fraction of sp³-hybridized carbons (Fsp3) is 0.385. The van der Waals surface area contributed by atoms with E-state index in [2.05, 4.69) is 51.1 Å². The monoisotopic (exact) mass is 325 g/mol. The summed E-state index contributed by atoms with van der Waals surface area (Å²) in [4.78, 5) is 11.6. The number of thiophene rings is 1. The topological polar surface area (TPSA) is 37.8 Å². The number of hydrogen-bond donors (Lipinski definition) is 1. The number of hydrogen-bond acceptors (Lipinski definition) is 4. The molecule has 0 saturated heterocycles. The number of rotatable bonds is 3. The normalized spacial score (nSPS) is 10.7. The molecule has 0 unspecified atom stereocenters. The lowest BCUT2D eigenvalue weighted by molar-refractivity contribution is 1.00. The van der Waals surface area contributed by atoms with Gasteiger partial charge in [-0.1, -0.05) is 6.92 Å². The van der Waals surface area contributed by atoms with Crippen molar-refractivity contribution in [1.82, 2.24) is 9.97 Å². The van der Waals surface area contributed by atoms with E-state index in [1.54, 1.807) is 11.3 Å². The zero-order valence-electron chi connectivity index (χ0n) is 11.0. The highest BCUT2D eigenvalue weighted by atomic mass is 79.9. The van der Waals surface area contributed by atoms with Crippen LogP contribution in [0.3, 0.4) is 0 Å². The molecule has 0 bridgehead atoms. The zero-order chi connectivity index (χ0) is 13.3. The average molecular weight is 326 g/mol. The van der Waals surface area contributed by atoms with Crippen molar-refractivity contribution in [1.29, 1.82) is 0 Å². The first-order chi connectivity index (χ1) is 8.56. The third kappa shape index (κ3) is 2.42. The Balaban J connectivity index is 2.55. The molecule has 0 atom stereocenters. The van der Waals surface area contributed by atoms with Gasteiger partial charge in [0.2, 0.25) is 0 Å². The molecule has 2 aromatic rings. The number of nitrogens with one attached hydrogen (secondary N) is 1. The number of aromatic nitrogens is 2. The van der Waals surface area contributed by atoms with Crippen molar-refractivity contribution in [3.05, 3.63) is 26.7 Å². The second-order valence-electron chi connectivity index (χ2n) is 4.08. The Kier molecular flexibility index (Phi) is 4.02. The Morgan fingerprint density at radius 3 is 2.56 bits per heavy atom. The Labute approximate surface area is 120 Å². The van der Waals surface area contributed by atoms with Gasteiger partial charge < -0.3 is 5.32 Å². The molecule has 1 N–H and O–H groups in total. The standard InChI is InChI=1S/C13H16BrN3S/c1-5-9-7(2)16-13(17-12(9)15-4)11-6-10(14)8(3)18-11/h6H,5H2,1-4H3,(H,15,16,17). The van der Waals surface area contributed by atoms with Crippen LogP contribution in [0, 0.1) is 13.8 Å². The highest BCUT2D eigenvalue weighted by Gasteiger charge is 2.13. The lowest BCUT2D eigenvalue weighted by Gasteiger charge is -2.10. The minimum Gasteiger partial charge on any atom is -0.373 e. The second-order valence-corrected chi connectivity index (χ2v) is 6.19. The van der Waals surface area contributed by atoms with Gasteiger partial charge in [-0.3, -0.25) is 0 Å². The summed E-state index contributed by atoms with van der Waals surface area (Å²) in [5.41, 5.74) is 2.24. The molecule has 0 amide bonds. The van der Waals surface area contributed by atoms with E-state index in [9.17, 15) is 0 Å². The van der Waals surface area contributed by atoms with Crippen LogP contribution >= 0.6 is 27.3 Å². The van der Waals surface area contributed by atoms with Crippen LogP contribution in [0.2, 0.25) is 0 Å². The fourth-order valence-corrected chi connectivity index (χ4v) is 3.38. The van der Waals surface area contributed by atoms with Crippen LogP contribution in [-0.4, -0.2) is 17.0 Å². The predicted molar refractivity (Wildman–Crippen MR) is 81.4 cm³/mol. The molecule has 0 spiro atoms. The number of nitrogens with zero attached hydrogens (tertiary/aromatic N) is 2. The van der Waals surface area contributed by atoms with Gasteiger partial charge in [-0.05, 0) is 42.3 Å². The molecular weight excluding hydrogens is 310 g/mol. The van der Waals surface area contributed by atoms with E-state index < -0.39 is 0 Å². The van der Waals surface area contributed by atoms with Crippen LogP contribution in [0.5, 0.6) is 0 Å². The van der Waals surface area contributed by atoms with Crippen molar-refractivity contribution in [2.45, 2.75) is 27.2 Å². The largest absolute Gasteiger partial charge is 0.373 e. The third-order valence-corrected chi connectivity index (χ3v) is 5.01. The minimum atomic E-state index is 0.799. The summed E-state index contributed by atoms with van der Waals surface area (Å²) in [6, 6.07) is 2.08. The summed E-state index contributed by atoms with van der Waals surface area (Å²) in [6.45, 7) is 6.25. The Morgan fingerprint density at radius 2 is 2.06 bits per heavy atom. The van der Waals surface area contributed by atoms with Gasteiger partial charge >= 0.3 is 0 Å². The van der Waals surface area contributed by atoms with Gasteiger partial charge in [-0.2, -0.15) is 0 Å². The van der Waals surface area contributed by atoms with Crippen molar-refractivity contribution in [3.63, 3.8) is 0 Å². The maximum absolute atomic E-state index is 4.62. The minimum absolute atomic E-state index is 0.799. The smallest absolute Gasteiger partial charge is 0.171 e. The van der Waals surface area contributed by atoms with Crippen LogP contribution in [0.25, 0.3) is 10.7 Å². The van der Waals surface area contributed by atoms with E-state index in [-0.39, 0.29) is 0 Å². The summed E-state index contributed by atoms with van der Waals surface area (Å²) >= 11 is 5.24. The lowest BCUT2D eigenvalue weighted by atomic mass is 10.1. The molecule has 0 aliphatic carbocycles. The molecule has 0 aliphatic rings. The van der Waals surface area contributed by atoms with E-state index in [4.69, 9.17) is 0 Å². The first-order valence-electron chi connectivity index (χ1n) is 5.88. The van der Waals surface area contributed by atoms with Gasteiger partial charge in [0.05, 0.1) is 4.88 Å². The molecule has 2 rings (SSSR count). The Bertz CT molecular complexity index is 558. The highest BCUT2D eigenvalue weighted by molar-refractivity contribution is 9.10. The van der Waals surface area contributed by atoms with E-state index in [1.165, 1.54) is 10.4 Å². The summed E-state index contributed by atoms with van der Waals surface area (Å²) in [7, 11) is 1.90. The summed E-state index contributed by atoms with van der Waals surface area (Å²) in [5.74, 6) is 1.73. The van der Waals surface area contributed by atoms with Crippen LogP contribution in [0.1, 0.15) is 23.1 Å². The quantitative estimate of drug-likeness (QED) is 0.919. The third-order valence-electron chi connectivity index (χ3n) is 2.88. The van der Waals surface area contributed by atoms with Gasteiger partial charge in [-0.25, -0.2) is 9.97 Å². The highest BCUT2D eigenvalue weighted by Crippen LogP contribution is 2.33. The molecule has 96 valence electrons. The molecule has 0 fully saturated rings. The van der Waals surface area contributed by atoms with E-state index in [0.717, 1.165) is 33.1 Å². The zero-order valence-corrected chi connectivity index (χ0v) is 13.4. The lowest BCUT2D eigenvalue weighted by Crippen LogP contribution is -2.04. The van der Waals surface area contributed by atoms with E-state index >= 15 is 0 Å². The molecule has 2 heterocycles. The summed E-state index contributed by atoms with van der Waals surface area (Å²) in [5, 5.41) is 3.16. The SMILES string of the molecule is CCc1c(C)nc(-c2cc(Br)c(C)s2)nc1NC. The Morgan fingerprint density at radius 1 is 1.33 bits per heavy atom. The molecule has 0 aliphatic heterocycles. The van der Waals surface area contributed by atoms with Crippen molar-refractivity contribution in [2.24, 2.45) is 0 Å². The molecule has 2 aromatic heterocycles. The van der Waals surface area contributed by atoms with Crippen LogP contribution in [-0.2, 0) is 6.42 Å². The molecule has 5 heteroatoms. The average Bonchev–Trinajstić information content (AvgIpc) is 2.68. The fourth-order valence-electron chi connectivity index (χ4n) is 1.91.